The van der Waals surface area contributed by atoms with Crippen molar-refractivity contribution in [2.45, 2.75) is 6.18 Å². The van der Waals surface area contributed by atoms with Crippen LogP contribution in [0.1, 0.15) is 11.1 Å². The fraction of sp³-hybridized carbons (Fsp3) is 0.0909. The van der Waals surface area contributed by atoms with E-state index in [0.29, 0.717) is 5.69 Å². The molecule has 0 amide bonds. The fourth-order valence-corrected chi connectivity index (χ4v) is 1.57. The van der Waals surface area contributed by atoms with Gasteiger partial charge < -0.3 is 10.3 Å². The first-order valence-corrected chi connectivity index (χ1v) is 4.93. The number of benzene rings is 1. The predicted octanol–water partition coefficient (Wildman–Crippen LogP) is 2.18. The molecular weight excluding hydrogens is 245 g/mol. The second-order valence-electron chi connectivity index (χ2n) is 3.61. The Bertz CT molecular complexity index is 572. The number of nitrogens with zero attached hydrogens (tertiary/aromatic N) is 2. The van der Waals surface area contributed by atoms with Gasteiger partial charge in [0.1, 0.15) is 5.84 Å². The first-order chi connectivity index (χ1) is 8.39. The topological polar surface area (TPSA) is 67.7 Å². The van der Waals surface area contributed by atoms with E-state index in [0.717, 1.165) is 6.07 Å². The van der Waals surface area contributed by atoms with E-state index in [4.69, 9.17) is 11.1 Å². The van der Waals surface area contributed by atoms with Gasteiger partial charge in [0.05, 0.1) is 11.9 Å². The number of aromatic nitrogens is 2. The summed E-state index contributed by atoms with van der Waals surface area (Å²) < 4.78 is 39.7. The number of hydrogen-bond acceptors (Lipinski definition) is 2. The Balaban J connectivity index is 2.58. The summed E-state index contributed by atoms with van der Waals surface area (Å²) in [5, 5.41) is 7.23. The maximum Gasteiger partial charge on any atom is 0.417 e. The van der Waals surface area contributed by atoms with E-state index in [2.05, 4.69) is 4.98 Å². The molecule has 3 N–H and O–H groups in total. The number of rotatable bonds is 2. The van der Waals surface area contributed by atoms with Crippen molar-refractivity contribution in [2.24, 2.45) is 5.73 Å². The van der Waals surface area contributed by atoms with Crippen LogP contribution in [-0.4, -0.2) is 15.4 Å². The number of alkyl halides is 3. The average molecular weight is 254 g/mol. The number of amidine groups is 1. The lowest BCUT2D eigenvalue weighted by Gasteiger charge is -2.13. The first kappa shape index (κ1) is 12.2. The van der Waals surface area contributed by atoms with Crippen molar-refractivity contribution in [3.05, 3.63) is 48.0 Å². The Morgan fingerprint density at radius 2 is 2.06 bits per heavy atom. The van der Waals surface area contributed by atoms with Gasteiger partial charge in [0.2, 0.25) is 0 Å². The maximum atomic E-state index is 12.7. The highest BCUT2D eigenvalue weighted by Gasteiger charge is 2.34. The minimum atomic E-state index is -4.53. The minimum absolute atomic E-state index is 0.339. The Morgan fingerprint density at radius 3 is 2.56 bits per heavy atom. The molecule has 2 rings (SSSR count). The third-order valence-electron chi connectivity index (χ3n) is 2.40. The van der Waals surface area contributed by atoms with E-state index in [-0.39, 0.29) is 5.56 Å². The van der Waals surface area contributed by atoms with E-state index >= 15 is 0 Å². The zero-order chi connectivity index (χ0) is 13.3. The molecule has 0 fully saturated rings. The van der Waals surface area contributed by atoms with Gasteiger partial charge in [-0.2, -0.15) is 13.2 Å². The molecule has 94 valence electrons. The number of hydrogen-bond donors (Lipinski definition) is 2. The van der Waals surface area contributed by atoms with E-state index in [1.54, 1.807) is 6.20 Å². The van der Waals surface area contributed by atoms with E-state index in [1.165, 1.54) is 29.2 Å². The van der Waals surface area contributed by atoms with Crippen LogP contribution in [0.4, 0.5) is 13.2 Å². The summed E-state index contributed by atoms with van der Waals surface area (Å²) in [7, 11) is 0. The van der Waals surface area contributed by atoms with Crippen LogP contribution in [0.5, 0.6) is 0 Å². The van der Waals surface area contributed by atoms with Crippen molar-refractivity contribution in [1.82, 2.24) is 9.55 Å². The van der Waals surface area contributed by atoms with Crippen molar-refractivity contribution >= 4 is 5.84 Å². The summed E-state index contributed by atoms with van der Waals surface area (Å²) >= 11 is 0. The van der Waals surface area contributed by atoms with Gasteiger partial charge in [0, 0.05) is 23.6 Å². The van der Waals surface area contributed by atoms with Gasteiger partial charge in [0.25, 0.3) is 0 Å². The quantitative estimate of drug-likeness (QED) is 0.637. The summed E-state index contributed by atoms with van der Waals surface area (Å²) in [4.78, 5) is 3.80. The highest BCUT2D eigenvalue weighted by atomic mass is 19.4. The van der Waals surface area contributed by atoms with Gasteiger partial charge in [-0.15, -0.1) is 0 Å². The van der Waals surface area contributed by atoms with E-state index in [1.807, 2.05) is 0 Å². The molecule has 18 heavy (non-hydrogen) atoms. The van der Waals surface area contributed by atoms with Gasteiger partial charge in [-0.05, 0) is 18.2 Å². The van der Waals surface area contributed by atoms with Gasteiger partial charge >= 0.3 is 6.18 Å². The van der Waals surface area contributed by atoms with E-state index < -0.39 is 17.6 Å². The van der Waals surface area contributed by atoms with Crippen LogP contribution in [0.25, 0.3) is 5.69 Å². The average Bonchev–Trinajstić information content (AvgIpc) is 2.80. The molecule has 0 aliphatic heterocycles. The van der Waals surface area contributed by atoms with Gasteiger partial charge in [-0.3, -0.25) is 5.41 Å². The Labute approximate surface area is 100 Å². The van der Waals surface area contributed by atoms with Crippen molar-refractivity contribution in [1.29, 1.82) is 5.41 Å². The fourth-order valence-electron chi connectivity index (χ4n) is 1.57. The zero-order valence-electron chi connectivity index (χ0n) is 9.07. The Kier molecular flexibility index (Phi) is 2.82. The third-order valence-corrected chi connectivity index (χ3v) is 2.40. The van der Waals surface area contributed by atoms with Crippen molar-refractivity contribution in [2.75, 3.05) is 0 Å². The highest BCUT2D eigenvalue weighted by molar-refractivity contribution is 5.97. The molecule has 1 aromatic heterocycles. The van der Waals surface area contributed by atoms with Gasteiger partial charge in [0.15, 0.2) is 0 Å². The molecule has 0 atom stereocenters. The lowest BCUT2D eigenvalue weighted by molar-refractivity contribution is -0.137. The number of nitrogens with one attached hydrogen (secondary N) is 1. The lowest BCUT2D eigenvalue weighted by atomic mass is 10.1. The van der Waals surface area contributed by atoms with Gasteiger partial charge in [-0.25, -0.2) is 4.98 Å². The predicted molar refractivity (Wildman–Crippen MR) is 59.6 cm³/mol. The number of imidazole rings is 1. The molecule has 0 saturated carbocycles. The summed E-state index contributed by atoms with van der Waals surface area (Å²) in [6.07, 6.45) is 0.0125. The first-order valence-electron chi connectivity index (χ1n) is 4.93. The highest BCUT2D eigenvalue weighted by Crippen LogP contribution is 2.32. The molecule has 2 aromatic rings. The summed E-state index contributed by atoms with van der Waals surface area (Å²) in [5.41, 5.74) is 4.40. The van der Waals surface area contributed by atoms with Crippen LogP contribution in [-0.2, 0) is 6.18 Å². The molecular formula is C11H9F3N4. The Morgan fingerprint density at radius 1 is 1.33 bits per heavy atom. The van der Waals surface area contributed by atoms with Crippen LogP contribution in [0.2, 0.25) is 0 Å². The second-order valence-corrected chi connectivity index (χ2v) is 3.61. The third kappa shape index (κ3) is 2.20. The molecule has 0 saturated heterocycles. The molecule has 0 aliphatic carbocycles. The largest absolute Gasteiger partial charge is 0.417 e. The summed E-state index contributed by atoms with van der Waals surface area (Å²) in [6.45, 7) is 0. The van der Waals surface area contributed by atoms with Crippen LogP contribution in [0.3, 0.4) is 0 Å². The molecule has 0 radical (unpaired) electrons. The van der Waals surface area contributed by atoms with E-state index in [9.17, 15) is 13.2 Å². The zero-order valence-corrected chi connectivity index (χ0v) is 9.07. The maximum absolute atomic E-state index is 12.7. The molecule has 0 unspecified atom stereocenters. The Hall–Kier alpha value is -2.31. The summed E-state index contributed by atoms with van der Waals surface area (Å²) in [5.74, 6) is -0.621. The van der Waals surface area contributed by atoms with Crippen LogP contribution in [0, 0.1) is 5.41 Å². The van der Waals surface area contributed by atoms with Crippen molar-refractivity contribution in [3.63, 3.8) is 0 Å². The van der Waals surface area contributed by atoms with Crippen LogP contribution < -0.4 is 5.73 Å². The molecule has 0 aliphatic rings. The standard InChI is InChI=1S/C11H9F3N4/c12-11(13,14)9-2-1-7(5-8(9)10(15)16)18-4-3-17-6-18/h1-6H,(H3,15,16). The SMILES string of the molecule is N=C(N)c1cc(-n2ccnc2)ccc1C(F)(F)F. The molecule has 7 heteroatoms. The monoisotopic (exact) mass is 254 g/mol. The molecule has 1 heterocycles. The normalized spacial score (nSPS) is 11.5. The van der Waals surface area contributed by atoms with Crippen LogP contribution in [0.15, 0.2) is 36.9 Å². The molecule has 1 aromatic carbocycles. The minimum Gasteiger partial charge on any atom is -0.384 e. The van der Waals surface area contributed by atoms with Crippen LogP contribution >= 0.6 is 0 Å². The lowest BCUT2D eigenvalue weighted by Crippen LogP contribution is -2.19. The molecule has 0 spiro atoms. The van der Waals surface area contributed by atoms with Crippen molar-refractivity contribution in [3.8, 4) is 5.69 Å². The summed E-state index contributed by atoms with van der Waals surface area (Å²) in [6, 6.07) is 3.43. The number of halogens is 3. The van der Waals surface area contributed by atoms with Crippen molar-refractivity contribution < 1.29 is 13.2 Å². The molecule has 0 bridgehead atoms. The number of nitrogens with two attached hydrogens (primary N) is 1. The molecule has 4 nitrogen and oxygen atoms in total. The van der Waals surface area contributed by atoms with Gasteiger partial charge in [-0.1, -0.05) is 0 Å². The second kappa shape index (κ2) is 4.17. The smallest absolute Gasteiger partial charge is 0.384 e. The number of nitrogen functional groups attached to an aromatic ring is 1.